The van der Waals surface area contributed by atoms with E-state index in [2.05, 4.69) is 57.2 Å². The number of aryl methyl sites for hydroxylation is 2. The Bertz CT molecular complexity index is 1950. The standard InChI is InChI=1S/C15H21BrN4O3S3.C10H8BrClN2O3S3/c1-9-13(25-15(18-9)19-10(2)21)11-8-12(24-14(11)16)26(22,23)17-6-5-7-20(3)4;1-4-8(19-10(13-4)14-5(2)15)6-3-7(18-9(6)11)20(12,16)17/h8,17H,5-7H2,1-4H3,(H,18,19,21);3H,1-2H3,(H,13,14,15). The smallest absolute Gasteiger partial charge is 0.270 e. The van der Waals surface area contributed by atoms with Crippen molar-refractivity contribution in [1.82, 2.24) is 19.6 Å². The molecule has 0 aliphatic heterocycles. The van der Waals surface area contributed by atoms with Crippen molar-refractivity contribution in [1.29, 1.82) is 0 Å². The molecule has 46 heavy (non-hydrogen) atoms. The Morgan fingerprint density at radius 2 is 1.26 bits per heavy atom. The van der Waals surface area contributed by atoms with Gasteiger partial charge in [0.1, 0.15) is 8.42 Å². The third kappa shape index (κ3) is 10.8. The molecule has 21 heteroatoms. The fourth-order valence-electron chi connectivity index (χ4n) is 3.63. The van der Waals surface area contributed by atoms with Gasteiger partial charge in [-0.05, 0) is 84.9 Å². The van der Waals surface area contributed by atoms with Crippen LogP contribution >= 0.6 is 87.9 Å². The first-order valence-electron chi connectivity index (χ1n) is 13.0. The molecule has 2 amide bonds. The van der Waals surface area contributed by atoms with Crippen molar-refractivity contribution in [2.24, 2.45) is 0 Å². The van der Waals surface area contributed by atoms with Gasteiger partial charge in [-0.1, -0.05) is 22.7 Å². The number of amides is 2. The van der Waals surface area contributed by atoms with Crippen LogP contribution in [0.1, 0.15) is 31.7 Å². The molecule has 0 aromatic carbocycles. The summed E-state index contributed by atoms with van der Waals surface area (Å²) in [6, 6.07) is 3.14. The molecule has 0 saturated heterocycles. The van der Waals surface area contributed by atoms with Gasteiger partial charge in [-0.15, -0.1) is 22.7 Å². The van der Waals surface area contributed by atoms with E-state index in [1.807, 2.05) is 25.9 Å². The highest BCUT2D eigenvalue weighted by atomic mass is 79.9. The number of hydrogen-bond acceptors (Lipinski definition) is 13. The van der Waals surface area contributed by atoms with Gasteiger partial charge >= 0.3 is 0 Å². The zero-order chi connectivity index (χ0) is 34.6. The zero-order valence-corrected chi connectivity index (χ0v) is 34.0. The Balaban J connectivity index is 0.000000259. The number of nitrogens with zero attached hydrogens (tertiary/aromatic N) is 3. The number of thiazole rings is 2. The SMILES string of the molecule is CC(=O)Nc1nc(C)c(-c2cc(S(=O)(=O)Cl)sc2Br)s1.CC(=O)Nc1nc(C)c(-c2cc(S(=O)(=O)NCCCN(C)C)sc2Br)s1. The van der Waals surface area contributed by atoms with Gasteiger partial charge in [0.25, 0.3) is 9.05 Å². The maximum atomic E-state index is 12.5. The summed E-state index contributed by atoms with van der Waals surface area (Å²) < 4.78 is 52.0. The summed E-state index contributed by atoms with van der Waals surface area (Å²) in [5, 5.41) is 6.23. The molecule has 0 bridgehead atoms. The lowest BCUT2D eigenvalue weighted by Crippen LogP contribution is -2.26. The molecule has 12 nitrogen and oxygen atoms in total. The number of nitrogens with one attached hydrogen (secondary N) is 3. The first-order valence-corrected chi connectivity index (χ1v) is 21.6. The van der Waals surface area contributed by atoms with Crippen LogP contribution < -0.4 is 15.4 Å². The van der Waals surface area contributed by atoms with Crippen LogP contribution in [-0.2, 0) is 28.7 Å². The molecular weight excluding hydrogens is 868 g/mol. The highest BCUT2D eigenvalue weighted by Crippen LogP contribution is 2.44. The normalized spacial score (nSPS) is 11.8. The Morgan fingerprint density at radius 1 is 0.826 bits per heavy atom. The van der Waals surface area contributed by atoms with Crippen molar-refractivity contribution in [3.63, 3.8) is 0 Å². The Hall–Kier alpha value is -1.33. The van der Waals surface area contributed by atoms with Crippen LogP contribution in [0.15, 0.2) is 28.1 Å². The second-order valence-electron chi connectivity index (χ2n) is 9.73. The molecule has 252 valence electrons. The summed E-state index contributed by atoms with van der Waals surface area (Å²) in [6.07, 6.45) is 0.736. The van der Waals surface area contributed by atoms with E-state index in [9.17, 15) is 26.4 Å². The zero-order valence-electron chi connectivity index (χ0n) is 25.2. The van der Waals surface area contributed by atoms with Crippen molar-refractivity contribution in [2.75, 3.05) is 37.8 Å². The lowest BCUT2D eigenvalue weighted by atomic mass is 10.2. The maximum Gasteiger partial charge on any atom is 0.270 e. The molecule has 4 rings (SSSR count). The second kappa shape index (κ2) is 16.4. The molecular formula is C25H29Br2ClN6O6S6. The minimum atomic E-state index is -3.76. The van der Waals surface area contributed by atoms with Crippen molar-refractivity contribution < 1.29 is 26.4 Å². The van der Waals surface area contributed by atoms with Crippen LogP contribution in [0.4, 0.5) is 10.3 Å². The quantitative estimate of drug-likeness (QED) is 0.107. The molecule has 4 aromatic heterocycles. The topological polar surface area (TPSA) is 168 Å². The predicted octanol–water partition coefficient (Wildman–Crippen LogP) is 6.96. The molecule has 4 aromatic rings. The van der Waals surface area contributed by atoms with Crippen molar-refractivity contribution in [3.8, 4) is 20.9 Å². The maximum absolute atomic E-state index is 12.5. The van der Waals surface area contributed by atoms with E-state index in [1.165, 1.54) is 42.6 Å². The van der Waals surface area contributed by atoms with Gasteiger partial charge in [-0.2, -0.15) is 0 Å². The van der Waals surface area contributed by atoms with Crippen LogP contribution in [0.3, 0.4) is 0 Å². The van der Waals surface area contributed by atoms with E-state index in [-0.39, 0.29) is 20.2 Å². The fourth-order valence-corrected chi connectivity index (χ4v) is 12.7. The van der Waals surface area contributed by atoms with Gasteiger partial charge in [0.15, 0.2) is 10.3 Å². The van der Waals surface area contributed by atoms with Gasteiger partial charge in [0.05, 0.1) is 28.7 Å². The Kier molecular flexibility index (Phi) is 13.9. The summed E-state index contributed by atoms with van der Waals surface area (Å²) in [6.45, 7) is 7.63. The summed E-state index contributed by atoms with van der Waals surface area (Å²) in [5.41, 5.74) is 2.90. The van der Waals surface area contributed by atoms with Gasteiger partial charge < -0.3 is 15.5 Å². The van der Waals surface area contributed by atoms with E-state index in [1.54, 1.807) is 13.0 Å². The molecule has 0 atom stereocenters. The van der Waals surface area contributed by atoms with E-state index >= 15 is 0 Å². The average molecular weight is 897 g/mol. The number of carbonyl (C=O) groups excluding carboxylic acids is 2. The fraction of sp³-hybridized carbons (Fsp3) is 0.360. The molecule has 0 aliphatic carbocycles. The van der Waals surface area contributed by atoms with E-state index in [0.29, 0.717) is 35.6 Å². The van der Waals surface area contributed by atoms with Gasteiger partial charge in [-0.25, -0.2) is 31.5 Å². The molecule has 0 saturated carbocycles. The highest BCUT2D eigenvalue weighted by molar-refractivity contribution is 9.11. The predicted molar refractivity (Wildman–Crippen MR) is 196 cm³/mol. The van der Waals surface area contributed by atoms with Crippen LogP contribution in [0, 0.1) is 13.8 Å². The van der Waals surface area contributed by atoms with Crippen LogP contribution in [0.25, 0.3) is 20.9 Å². The van der Waals surface area contributed by atoms with Gasteiger partial charge in [0, 0.05) is 42.2 Å². The first-order chi connectivity index (χ1) is 21.3. The van der Waals surface area contributed by atoms with Crippen molar-refractivity contribution >= 4 is 129 Å². The Labute approximate surface area is 304 Å². The molecule has 4 heterocycles. The summed E-state index contributed by atoms with van der Waals surface area (Å²) in [5.74, 6) is -0.404. The van der Waals surface area contributed by atoms with E-state index < -0.39 is 19.1 Å². The molecule has 0 spiro atoms. The number of halogens is 3. The monoisotopic (exact) mass is 894 g/mol. The largest absolute Gasteiger partial charge is 0.309 e. The van der Waals surface area contributed by atoms with Crippen LogP contribution in [0.2, 0.25) is 0 Å². The molecule has 0 aliphatic rings. The van der Waals surface area contributed by atoms with Crippen molar-refractivity contribution in [2.45, 2.75) is 42.5 Å². The minimum absolute atomic E-state index is 0.0647. The summed E-state index contributed by atoms with van der Waals surface area (Å²) in [4.78, 5) is 34.4. The van der Waals surface area contributed by atoms with Crippen LogP contribution in [0.5, 0.6) is 0 Å². The highest BCUT2D eigenvalue weighted by Gasteiger charge is 2.23. The summed E-state index contributed by atoms with van der Waals surface area (Å²) in [7, 11) is 1.91. The number of anilines is 2. The second-order valence-corrected chi connectivity index (χ2v) is 21.3. The molecule has 0 fully saturated rings. The lowest BCUT2D eigenvalue weighted by Gasteiger charge is -2.09. The third-order valence-electron chi connectivity index (χ3n) is 5.56. The first kappa shape index (κ1) is 39.1. The van der Waals surface area contributed by atoms with Crippen LogP contribution in [-0.4, -0.2) is 70.7 Å². The number of sulfonamides is 1. The van der Waals surface area contributed by atoms with E-state index in [4.69, 9.17) is 10.7 Å². The summed E-state index contributed by atoms with van der Waals surface area (Å²) >= 11 is 11.6. The number of carbonyl (C=O) groups is 2. The molecule has 3 N–H and O–H groups in total. The third-order valence-corrected chi connectivity index (χ3v) is 15.5. The number of aromatic nitrogens is 2. The van der Waals surface area contributed by atoms with Crippen molar-refractivity contribution in [3.05, 3.63) is 31.1 Å². The molecule has 0 unspecified atom stereocenters. The number of hydrogen-bond donors (Lipinski definition) is 3. The van der Waals surface area contributed by atoms with Gasteiger partial charge in [-0.3, -0.25) is 9.59 Å². The number of rotatable bonds is 11. The molecule has 0 radical (unpaired) electrons. The lowest BCUT2D eigenvalue weighted by molar-refractivity contribution is -0.115. The number of thiophene rings is 2. The van der Waals surface area contributed by atoms with Gasteiger partial charge in [0.2, 0.25) is 21.8 Å². The van der Waals surface area contributed by atoms with E-state index in [0.717, 1.165) is 56.7 Å². The average Bonchev–Trinajstić information content (AvgIpc) is 3.67. The minimum Gasteiger partial charge on any atom is -0.309 e. The Morgan fingerprint density at radius 3 is 1.65 bits per heavy atom.